The first-order valence-electron chi connectivity index (χ1n) is 6.97. The van der Waals surface area contributed by atoms with Crippen molar-refractivity contribution in [3.8, 4) is 0 Å². The van der Waals surface area contributed by atoms with Crippen molar-refractivity contribution in [1.82, 2.24) is 0 Å². The Morgan fingerprint density at radius 3 is 2.57 bits per heavy atom. The van der Waals surface area contributed by atoms with Crippen LogP contribution in [0.3, 0.4) is 0 Å². The summed E-state index contributed by atoms with van der Waals surface area (Å²) in [6.45, 7) is 1.68. The van der Waals surface area contributed by atoms with Gasteiger partial charge in [0.25, 0.3) is 0 Å². The Balaban J connectivity index is 2.14. The van der Waals surface area contributed by atoms with Crippen LogP contribution in [-0.2, 0) is 16.1 Å². The normalized spacial score (nSPS) is 11.6. The fourth-order valence-corrected chi connectivity index (χ4v) is 2.40. The number of nitrogens with one attached hydrogen (secondary N) is 1. The standard InChI is InChI=1S/C17H16INO4/c1-11(16(20)21)19-15-8-7-13(18)9-14(15)17(22)23-10-12-5-3-2-4-6-12/h2-9,11,19H,10H2,1H3,(H,20,21)/t11-/m0/s1. The second-order valence-electron chi connectivity index (χ2n) is 4.96. The first-order chi connectivity index (χ1) is 11.0. The molecule has 0 aliphatic rings. The number of rotatable bonds is 6. The Labute approximate surface area is 147 Å². The molecule has 23 heavy (non-hydrogen) atoms. The largest absolute Gasteiger partial charge is 0.480 e. The van der Waals surface area contributed by atoms with Gasteiger partial charge in [0.05, 0.1) is 5.56 Å². The summed E-state index contributed by atoms with van der Waals surface area (Å²) in [6, 6.07) is 13.7. The molecule has 0 saturated carbocycles. The average molecular weight is 425 g/mol. The van der Waals surface area contributed by atoms with E-state index in [0.717, 1.165) is 9.13 Å². The van der Waals surface area contributed by atoms with Gasteiger partial charge in [0, 0.05) is 9.26 Å². The van der Waals surface area contributed by atoms with Crippen molar-refractivity contribution in [1.29, 1.82) is 0 Å². The molecule has 1 atom stereocenters. The Bertz CT molecular complexity index is 703. The second kappa shape index (κ2) is 7.96. The van der Waals surface area contributed by atoms with Crippen molar-refractivity contribution in [2.75, 3.05) is 5.32 Å². The van der Waals surface area contributed by atoms with Gasteiger partial charge < -0.3 is 15.2 Å². The zero-order valence-electron chi connectivity index (χ0n) is 12.5. The van der Waals surface area contributed by atoms with Crippen LogP contribution in [-0.4, -0.2) is 23.1 Å². The highest BCUT2D eigenvalue weighted by atomic mass is 127. The predicted molar refractivity (Wildman–Crippen MR) is 95.4 cm³/mol. The number of hydrogen-bond acceptors (Lipinski definition) is 4. The van der Waals surface area contributed by atoms with Gasteiger partial charge in [-0.05, 0) is 53.3 Å². The van der Waals surface area contributed by atoms with E-state index in [1.54, 1.807) is 18.2 Å². The SMILES string of the molecule is C[C@H](Nc1ccc(I)cc1C(=O)OCc1ccccc1)C(=O)O. The van der Waals surface area contributed by atoms with E-state index in [-0.39, 0.29) is 6.61 Å². The van der Waals surface area contributed by atoms with Crippen molar-refractivity contribution < 1.29 is 19.4 Å². The van der Waals surface area contributed by atoms with Crippen molar-refractivity contribution in [3.63, 3.8) is 0 Å². The molecular formula is C17H16INO4. The number of hydrogen-bond donors (Lipinski definition) is 2. The number of anilines is 1. The summed E-state index contributed by atoms with van der Waals surface area (Å²) >= 11 is 2.09. The average Bonchev–Trinajstić information content (AvgIpc) is 2.55. The predicted octanol–water partition coefficient (Wildman–Crippen LogP) is 3.53. The third kappa shape index (κ3) is 4.95. The molecule has 0 aliphatic heterocycles. The van der Waals surface area contributed by atoms with E-state index in [2.05, 4.69) is 27.9 Å². The molecule has 0 saturated heterocycles. The monoisotopic (exact) mass is 425 g/mol. The van der Waals surface area contributed by atoms with E-state index in [9.17, 15) is 9.59 Å². The van der Waals surface area contributed by atoms with E-state index in [0.29, 0.717) is 11.3 Å². The van der Waals surface area contributed by atoms with Crippen molar-refractivity contribution >= 4 is 40.2 Å². The minimum absolute atomic E-state index is 0.166. The lowest BCUT2D eigenvalue weighted by atomic mass is 10.1. The van der Waals surface area contributed by atoms with E-state index in [1.165, 1.54) is 6.92 Å². The van der Waals surface area contributed by atoms with Gasteiger partial charge >= 0.3 is 11.9 Å². The molecule has 0 amide bonds. The molecule has 0 aliphatic carbocycles. The van der Waals surface area contributed by atoms with Crippen LogP contribution in [0.4, 0.5) is 5.69 Å². The van der Waals surface area contributed by atoms with Gasteiger partial charge in [0.1, 0.15) is 12.6 Å². The van der Waals surface area contributed by atoms with Crippen LogP contribution >= 0.6 is 22.6 Å². The first kappa shape index (κ1) is 17.3. The maximum Gasteiger partial charge on any atom is 0.340 e. The highest BCUT2D eigenvalue weighted by molar-refractivity contribution is 14.1. The Kier molecular flexibility index (Phi) is 5.97. The Morgan fingerprint density at radius 1 is 1.22 bits per heavy atom. The fraction of sp³-hybridized carbons (Fsp3) is 0.176. The maximum absolute atomic E-state index is 12.3. The Hall–Kier alpha value is -2.09. The third-order valence-electron chi connectivity index (χ3n) is 3.16. The molecule has 5 nitrogen and oxygen atoms in total. The molecule has 0 unspecified atom stereocenters. The highest BCUT2D eigenvalue weighted by Crippen LogP contribution is 2.21. The lowest BCUT2D eigenvalue weighted by molar-refractivity contribution is -0.137. The summed E-state index contributed by atoms with van der Waals surface area (Å²) < 4.78 is 6.19. The molecule has 0 spiro atoms. The smallest absolute Gasteiger partial charge is 0.340 e. The molecule has 2 rings (SSSR count). The summed E-state index contributed by atoms with van der Waals surface area (Å²) in [6.07, 6.45) is 0. The molecule has 6 heteroatoms. The number of aliphatic carboxylic acids is 1. The number of halogens is 1. The summed E-state index contributed by atoms with van der Waals surface area (Å²) in [5.74, 6) is -1.49. The fourth-order valence-electron chi connectivity index (χ4n) is 1.91. The van der Waals surface area contributed by atoms with E-state index in [4.69, 9.17) is 9.84 Å². The van der Waals surface area contributed by atoms with Gasteiger partial charge in [-0.25, -0.2) is 4.79 Å². The number of carbonyl (C=O) groups excluding carboxylic acids is 1. The molecule has 2 aromatic rings. The number of esters is 1. The topological polar surface area (TPSA) is 75.6 Å². The molecule has 0 bridgehead atoms. The summed E-state index contributed by atoms with van der Waals surface area (Å²) in [5.41, 5.74) is 1.65. The molecule has 0 heterocycles. The van der Waals surface area contributed by atoms with Crippen molar-refractivity contribution in [2.45, 2.75) is 19.6 Å². The molecule has 120 valence electrons. The molecular weight excluding hydrogens is 409 g/mol. The number of benzene rings is 2. The number of carboxylic acids is 1. The van der Waals surface area contributed by atoms with Gasteiger partial charge in [0.2, 0.25) is 0 Å². The Morgan fingerprint density at radius 2 is 1.91 bits per heavy atom. The second-order valence-corrected chi connectivity index (χ2v) is 6.20. The minimum Gasteiger partial charge on any atom is -0.480 e. The van der Waals surface area contributed by atoms with Crippen LogP contribution in [0.25, 0.3) is 0 Å². The van der Waals surface area contributed by atoms with Crippen molar-refractivity contribution in [2.24, 2.45) is 0 Å². The van der Waals surface area contributed by atoms with Crippen LogP contribution in [0.15, 0.2) is 48.5 Å². The summed E-state index contributed by atoms with van der Waals surface area (Å²) in [7, 11) is 0. The first-order valence-corrected chi connectivity index (χ1v) is 8.05. The molecule has 0 fully saturated rings. The molecule has 0 aromatic heterocycles. The highest BCUT2D eigenvalue weighted by Gasteiger charge is 2.18. The quantitative estimate of drug-likeness (QED) is 0.547. The molecule has 2 aromatic carbocycles. The zero-order chi connectivity index (χ0) is 16.8. The number of ether oxygens (including phenoxy) is 1. The third-order valence-corrected chi connectivity index (χ3v) is 3.83. The van der Waals surface area contributed by atoms with Crippen LogP contribution in [0.2, 0.25) is 0 Å². The van der Waals surface area contributed by atoms with Gasteiger partial charge in [0.15, 0.2) is 0 Å². The number of carbonyl (C=O) groups is 2. The van der Waals surface area contributed by atoms with Crippen LogP contribution in [0, 0.1) is 3.57 Å². The van der Waals surface area contributed by atoms with Crippen LogP contribution in [0.5, 0.6) is 0 Å². The lowest BCUT2D eigenvalue weighted by Crippen LogP contribution is -2.26. The molecule has 2 N–H and O–H groups in total. The number of carboxylic acid groups (broad SMARTS) is 1. The van der Waals surface area contributed by atoms with Gasteiger partial charge in [-0.15, -0.1) is 0 Å². The molecule has 0 radical (unpaired) electrons. The summed E-state index contributed by atoms with van der Waals surface area (Å²) in [5, 5.41) is 11.8. The summed E-state index contributed by atoms with van der Waals surface area (Å²) in [4.78, 5) is 23.3. The van der Waals surface area contributed by atoms with Gasteiger partial charge in [-0.3, -0.25) is 4.79 Å². The van der Waals surface area contributed by atoms with Crippen LogP contribution < -0.4 is 5.32 Å². The minimum atomic E-state index is -0.993. The van der Waals surface area contributed by atoms with E-state index in [1.807, 2.05) is 30.3 Å². The maximum atomic E-state index is 12.3. The van der Waals surface area contributed by atoms with E-state index < -0.39 is 18.0 Å². The van der Waals surface area contributed by atoms with Gasteiger partial charge in [-0.2, -0.15) is 0 Å². The van der Waals surface area contributed by atoms with E-state index >= 15 is 0 Å². The van der Waals surface area contributed by atoms with Crippen LogP contribution in [0.1, 0.15) is 22.8 Å². The zero-order valence-corrected chi connectivity index (χ0v) is 14.6. The van der Waals surface area contributed by atoms with Crippen molar-refractivity contribution in [3.05, 3.63) is 63.2 Å². The van der Waals surface area contributed by atoms with Gasteiger partial charge in [-0.1, -0.05) is 30.3 Å². The lowest BCUT2D eigenvalue weighted by Gasteiger charge is -2.15.